The topological polar surface area (TPSA) is 44.0 Å². The first-order valence-electron chi connectivity index (χ1n) is 5.77. The summed E-state index contributed by atoms with van der Waals surface area (Å²) in [7, 11) is 0. The number of carbonyl (C=O) groups excluding carboxylic acids is 1. The Kier molecular flexibility index (Phi) is 3.59. The Morgan fingerprint density at radius 1 is 1.16 bits per heavy atom. The van der Waals surface area contributed by atoms with Crippen molar-refractivity contribution in [2.45, 2.75) is 20.0 Å². The van der Waals surface area contributed by atoms with E-state index in [-0.39, 0.29) is 12.2 Å². The van der Waals surface area contributed by atoms with Crippen LogP contribution in [-0.2, 0) is 13.1 Å². The molecule has 19 heavy (non-hydrogen) atoms. The molecule has 6 heteroatoms. The molecule has 0 saturated carbocycles. The lowest BCUT2D eigenvalue weighted by Gasteiger charge is -2.04. The van der Waals surface area contributed by atoms with Crippen LogP contribution in [0.3, 0.4) is 0 Å². The number of rotatable bonds is 4. The minimum absolute atomic E-state index is 0.382. The molecule has 2 aromatic rings. The maximum atomic E-state index is 13.4. The molecule has 0 aliphatic heterocycles. The van der Waals surface area contributed by atoms with Crippen molar-refractivity contribution in [3.8, 4) is 0 Å². The monoisotopic (exact) mass is 266 g/mol. The average Bonchev–Trinajstić information content (AvgIpc) is 2.70. The number of imidazole rings is 1. The summed E-state index contributed by atoms with van der Waals surface area (Å²) in [6, 6.07) is 3.20. The van der Waals surface area contributed by atoms with Gasteiger partial charge < -0.3 is 0 Å². The molecule has 1 aromatic carbocycles. The first-order valence-corrected chi connectivity index (χ1v) is 5.77. The van der Waals surface area contributed by atoms with E-state index in [1.807, 2.05) is 0 Å². The van der Waals surface area contributed by atoms with Crippen molar-refractivity contribution in [2.75, 3.05) is 0 Å². The molecule has 0 spiro atoms. The fourth-order valence-electron chi connectivity index (χ4n) is 1.81. The van der Waals surface area contributed by atoms with E-state index >= 15 is 0 Å². The van der Waals surface area contributed by atoms with Gasteiger partial charge in [-0.1, -0.05) is 6.07 Å². The Morgan fingerprint density at radius 2 is 1.74 bits per heavy atom. The molecule has 0 atom stereocenters. The molecule has 0 aliphatic rings. The van der Waals surface area contributed by atoms with E-state index in [4.69, 9.17) is 0 Å². The van der Waals surface area contributed by atoms with Crippen LogP contribution in [0.4, 0.5) is 8.78 Å². The third-order valence-corrected chi connectivity index (χ3v) is 2.81. The van der Waals surface area contributed by atoms with Crippen molar-refractivity contribution in [3.05, 3.63) is 58.3 Å². The maximum Gasteiger partial charge on any atom is 0.328 e. The number of aryl methyl sites for hydroxylation is 1. The Labute approximate surface area is 107 Å². The van der Waals surface area contributed by atoms with Crippen molar-refractivity contribution in [1.82, 2.24) is 9.13 Å². The second kappa shape index (κ2) is 5.17. The van der Waals surface area contributed by atoms with Crippen molar-refractivity contribution in [3.63, 3.8) is 0 Å². The van der Waals surface area contributed by atoms with Gasteiger partial charge in [-0.3, -0.25) is 13.9 Å². The van der Waals surface area contributed by atoms with Gasteiger partial charge in [0.15, 0.2) is 5.78 Å². The predicted octanol–water partition coefficient (Wildman–Crippen LogP) is 1.83. The quantitative estimate of drug-likeness (QED) is 0.792. The molecule has 0 N–H and O–H groups in total. The molecule has 0 bridgehead atoms. The molecule has 0 fully saturated rings. The minimum atomic E-state index is -0.923. The molecule has 0 saturated heterocycles. The largest absolute Gasteiger partial charge is 0.328 e. The Balaban J connectivity index is 2.31. The number of aromatic nitrogens is 2. The number of hydrogen-bond acceptors (Lipinski definition) is 2. The van der Waals surface area contributed by atoms with Crippen LogP contribution in [-0.4, -0.2) is 14.9 Å². The van der Waals surface area contributed by atoms with Gasteiger partial charge in [-0.2, -0.15) is 0 Å². The van der Waals surface area contributed by atoms with E-state index in [2.05, 4.69) is 0 Å². The molecular weight excluding hydrogens is 254 g/mol. The average molecular weight is 266 g/mol. The zero-order valence-electron chi connectivity index (χ0n) is 10.3. The number of Topliss-reactive ketones (excluding diaryl/α,β-unsaturated/α-hetero) is 1. The molecule has 4 nitrogen and oxygen atoms in total. The Morgan fingerprint density at radius 3 is 2.26 bits per heavy atom. The molecule has 0 aliphatic carbocycles. The summed E-state index contributed by atoms with van der Waals surface area (Å²) in [5.74, 6) is -2.62. The normalized spacial score (nSPS) is 10.7. The molecular formula is C13H12F2N2O2. The van der Waals surface area contributed by atoms with Crippen molar-refractivity contribution in [1.29, 1.82) is 0 Å². The van der Waals surface area contributed by atoms with Gasteiger partial charge in [0, 0.05) is 18.9 Å². The second-order valence-electron chi connectivity index (χ2n) is 4.01. The van der Waals surface area contributed by atoms with Gasteiger partial charge in [-0.25, -0.2) is 13.6 Å². The van der Waals surface area contributed by atoms with Crippen molar-refractivity contribution < 1.29 is 13.6 Å². The lowest BCUT2D eigenvalue weighted by molar-refractivity contribution is 0.0962. The first kappa shape index (κ1) is 13.2. The molecule has 100 valence electrons. The number of carbonyl (C=O) groups is 1. The fourth-order valence-corrected chi connectivity index (χ4v) is 1.81. The third-order valence-electron chi connectivity index (χ3n) is 2.81. The van der Waals surface area contributed by atoms with Crippen LogP contribution in [0.2, 0.25) is 0 Å². The highest BCUT2D eigenvalue weighted by molar-refractivity contribution is 5.96. The van der Waals surface area contributed by atoms with Gasteiger partial charge >= 0.3 is 5.69 Å². The number of benzene rings is 1. The summed E-state index contributed by atoms with van der Waals surface area (Å²) in [6.45, 7) is 1.86. The van der Waals surface area contributed by atoms with Gasteiger partial charge in [-0.15, -0.1) is 0 Å². The number of nitrogens with zero attached hydrogens (tertiary/aromatic N) is 2. The van der Waals surface area contributed by atoms with Gasteiger partial charge in [0.1, 0.15) is 11.6 Å². The highest BCUT2D eigenvalue weighted by atomic mass is 19.1. The number of halogens is 2. The highest BCUT2D eigenvalue weighted by Gasteiger charge is 2.18. The summed E-state index contributed by atoms with van der Waals surface area (Å²) in [5, 5.41) is 0. The summed E-state index contributed by atoms with van der Waals surface area (Å²) in [4.78, 5) is 23.6. The van der Waals surface area contributed by atoms with Crippen molar-refractivity contribution >= 4 is 5.78 Å². The SMILES string of the molecule is CCn1ccn(CC(=O)c2c(F)cccc2F)c1=O. The molecule has 2 rings (SSSR count). The lowest BCUT2D eigenvalue weighted by Crippen LogP contribution is -2.27. The van der Waals surface area contributed by atoms with E-state index < -0.39 is 23.0 Å². The van der Waals surface area contributed by atoms with Crippen LogP contribution >= 0.6 is 0 Å². The van der Waals surface area contributed by atoms with Gasteiger partial charge in [0.25, 0.3) is 0 Å². The molecule has 0 radical (unpaired) electrons. The Bertz CT molecular complexity index is 653. The number of hydrogen-bond donors (Lipinski definition) is 0. The summed E-state index contributed by atoms with van der Waals surface area (Å²) in [5.41, 5.74) is -0.994. The van der Waals surface area contributed by atoms with Gasteiger partial charge in [0.05, 0.1) is 12.1 Å². The lowest BCUT2D eigenvalue weighted by atomic mass is 10.1. The summed E-state index contributed by atoms with van der Waals surface area (Å²) >= 11 is 0. The standard InChI is InChI=1S/C13H12F2N2O2/c1-2-16-6-7-17(13(16)19)8-11(18)12-9(14)4-3-5-10(12)15/h3-7H,2,8H2,1H3. The van der Waals surface area contributed by atoms with Crippen molar-refractivity contribution in [2.24, 2.45) is 0 Å². The van der Waals surface area contributed by atoms with Crippen LogP contribution in [0.5, 0.6) is 0 Å². The van der Waals surface area contributed by atoms with Gasteiger partial charge in [-0.05, 0) is 19.1 Å². The smallest absolute Gasteiger partial charge is 0.300 e. The molecule has 0 amide bonds. The molecule has 1 aromatic heterocycles. The minimum Gasteiger partial charge on any atom is -0.300 e. The van der Waals surface area contributed by atoms with E-state index in [0.717, 1.165) is 16.7 Å². The predicted molar refractivity (Wildman–Crippen MR) is 65.1 cm³/mol. The van der Waals surface area contributed by atoms with E-state index in [1.165, 1.54) is 23.0 Å². The zero-order chi connectivity index (χ0) is 14.0. The summed E-state index contributed by atoms with van der Waals surface area (Å²) < 4.78 is 29.4. The maximum absolute atomic E-state index is 13.4. The van der Waals surface area contributed by atoms with Gasteiger partial charge in [0.2, 0.25) is 0 Å². The fraction of sp³-hybridized carbons (Fsp3) is 0.231. The third kappa shape index (κ3) is 2.47. The number of ketones is 1. The van der Waals surface area contributed by atoms with Crippen LogP contribution in [0, 0.1) is 11.6 Å². The van der Waals surface area contributed by atoms with Crippen LogP contribution in [0.15, 0.2) is 35.4 Å². The van der Waals surface area contributed by atoms with E-state index in [1.54, 1.807) is 6.92 Å². The van der Waals surface area contributed by atoms with Crippen LogP contribution in [0.25, 0.3) is 0 Å². The van der Waals surface area contributed by atoms with E-state index in [9.17, 15) is 18.4 Å². The van der Waals surface area contributed by atoms with E-state index in [0.29, 0.717) is 6.54 Å². The Hall–Kier alpha value is -2.24. The molecule has 0 unspecified atom stereocenters. The van der Waals surface area contributed by atoms with Crippen LogP contribution < -0.4 is 5.69 Å². The first-order chi connectivity index (χ1) is 9.04. The summed E-state index contributed by atoms with van der Waals surface area (Å²) in [6.07, 6.45) is 2.94. The zero-order valence-corrected chi connectivity index (χ0v) is 10.3. The molecule has 1 heterocycles. The second-order valence-corrected chi connectivity index (χ2v) is 4.01. The van der Waals surface area contributed by atoms with Crippen LogP contribution in [0.1, 0.15) is 17.3 Å². The highest BCUT2D eigenvalue weighted by Crippen LogP contribution is 2.13.